The van der Waals surface area contributed by atoms with Crippen LogP contribution in [-0.4, -0.2) is 19.6 Å². The fourth-order valence-electron chi connectivity index (χ4n) is 3.41. The van der Waals surface area contributed by atoms with E-state index in [0.717, 1.165) is 27.4 Å². The molecule has 3 N–H and O–H groups in total. The summed E-state index contributed by atoms with van der Waals surface area (Å²) in [6.07, 6.45) is 0. The number of ether oxygens (including phenoxy) is 2. The highest BCUT2D eigenvalue weighted by atomic mass is 16.5. The molecule has 0 radical (unpaired) electrons. The second kappa shape index (κ2) is 8.16. The molecule has 0 bridgehead atoms. The summed E-state index contributed by atoms with van der Waals surface area (Å²) in [5, 5.41) is 6.25. The molecular formula is C23H20N2O5. The Kier molecular flexibility index (Phi) is 5.26. The number of amides is 1. The van der Waals surface area contributed by atoms with E-state index in [2.05, 4.69) is 5.32 Å². The fraction of sp³-hybridized carbons (Fsp3) is 0.130. The lowest BCUT2D eigenvalue weighted by atomic mass is 10.0. The number of benzene rings is 3. The molecule has 0 atom stereocenters. The first-order chi connectivity index (χ1) is 14.5. The third-order valence-electron chi connectivity index (χ3n) is 4.73. The first-order valence-corrected chi connectivity index (χ1v) is 9.32. The highest BCUT2D eigenvalue weighted by molar-refractivity contribution is 6.07. The van der Waals surface area contributed by atoms with Gasteiger partial charge in [0.15, 0.2) is 18.1 Å². The number of anilines is 1. The lowest BCUT2D eigenvalue weighted by Gasteiger charge is -2.14. The predicted molar refractivity (Wildman–Crippen MR) is 115 cm³/mol. The van der Waals surface area contributed by atoms with Crippen molar-refractivity contribution in [1.82, 2.24) is 0 Å². The first-order valence-electron chi connectivity index (χ1n) is 9.32. The monoisotopic (exact) mass is 404 g/mol. The highest BCUT2D eigenvalue weighted by Crippen LogP contribution is 2.31. The van der Waals surface area contributed by atoms with Gasteiger partial charge in [-0.3, -0.25) is 4.79 Å². The van der Waals surface area contributed by atoms with Gasteiger partial charge in [0, 0.05) is 29.8 Å². The maximum atomic E-state index is 12.1. The smallest absolute Gasteiger partial charge is 0.336 e. The minimum absolute atomic E-state index is 0.254. The molecule has 1 amide bonds. The third-order valence-corrected chi connectivity index (χ3v) is 4.73. The number of rotatable bonds is 7. The maximum absolute atomic E-state index is 12.1. The minimum Gasteiger partial charge on any atom is -0.493 e. The third kappa shape index (κ3) is 3.91. The van der Waals surface area contributed by atoms with Gasteiger partial charge in [0.05, 0.1) is 7.11 Å². The Morgan fingerprint density at radius 1 is 1.07 bits per heavy atom. The molecule has 1 heterocycles. The molecule has 0 saturated carbocycles. The SMILES string of the molecule is COc1ccc(NCc2cc(=O)oc3ccc4ccccc4c23)cc1OCC(N)=O. The number of hydrogen-bond acceptors (Lipinski definition) is 6. The number of methoxy groups -OCH3 is 1. The van der Waals surface area contributed by atoms with Gasteiger partial charge >= 0.3 is 5.63 Å². The Morgan fingerprint density at radius 2 is 1.90 bits per heavy atom. The number of primary amides is 1. The highest BCUT2D eigenvalue weighted by Gasteiger charge is 2.11. The van der Waals surface area contributed by atoms with Crippen LogP contribution in [0.3, 0.4) is 0 Å². The van der Waals surface area contributed by atoms with Crippen molar-refractivity contribution in [3.05, 3.63) is 76.6 Å². The second-order valence-electron chi connectivity index (χ2n) is 6.72. The van der Waals surface area contributed by atoms with Crippen molar-refractivity contribution in [2.75, 3.05) is 19.0 Å². The molecular weight excluding hydrogens is 384 g/mol. The average Bonchev–Trinajstić information content (AvgIpc) is 2.75. The molecule has 1 aromatic heterocycles. The van der Waals surface area contributed by atoms with Crippen LogP contribution in [0.5, 0.6) is 11.5 Å². The van der Waals surface area contributed by atoms with Gasteiger partial charge in [0.1, 0.15) is 5.58 Å². The van der Waals surface area contributed by atoms with Crippen molar-refractivity contribution in [2.45, 2.75) is 6.54 Å². The Morgan fingerprint density at radius 3 is 2.70 bits per heavy atom. The largest absolute Gasteiger partial charge is 0.493 e. The van der Waals surface area contributed by atoms with Crippen molar-refractivity contribution in [3.63, 3.8) is 0 Å². The van der Waals surface area contributed by atoms with Crippen molar-refractivity contribution < 1.29 is 18.7 Å². The van der Waals surface area contributed by atoms with Gasteiger partial charge in [-0.25, -0.2) is 4.79 Å². The summed E-state index contributed by atoms with van der Waals surface area (Å²) in [6, 6.07) is 18.4. The zero-order chi connectivity index (χ0) is 21.1. The van der Waals surface area contributed by atoms with Crippen molar-refractivity contribution in [1.29, 1.82) is 0 Å². The van der Waals surface area contributed by atoms with Crippen LogP contribution in [0.2, 0.25) is 0 Å². The van der Waals surface area contributed by atoms with E-state index >= 15 is 0 Å². The summed E-state index contributed by atoms with van der Waals surface area (Å²) in [7, 11) is 1.51. The van der Waals surface area contributed by atoms with E-state index in [-0.39, 0.29) is 6.61 Å². The van der Waals surface area contributed by atoms with Crippen LogP contribution < -0.4 is 26.1 Å². The Labute approximate surface area is 172 Å². The molecule has 0 spiro atoms. The van der Waals surface area contributed by atoms with Gasteiger partial charge in [-0.05, 0) is 34.5 Å². The van der Waals surface area contributed by atoms with Crippen molar-refractivity contribution in [2.24, 2.45) is 5.73 Å². The fourth-order valence-corrected chi connectivity index (χ4v) is 3.41. The van der Waals surface area contributed by atoms with E-state index in [1.165, 1.54) is 13.2 Å². The molecule has 4 aromatic rings. The molecule has 7 heteroatoms. The van der Waals surface area contributed by atoms with Crippen molar-refractivity contribution in [3.8, 4) is 11.5 Å². The number of carbonyl (C=O) groups excluding carboxylic acids is 1. The summed E-state index contributed by atoms with van der Waals surface area (Å²) in [4.78, 5) is 23.1. The molecule has 0 aliphatic heterocycles. The van der Waals surface area contributed by atoms with E-state index in [0.29, 0.717) is 23.6 Å². The molecule has 3 aromatic carbocycles. The van der Waals surface area contributed by atoms with E-state index in [9.17, 15) is 9.59 Å². The van der Waals surface area contributed by atoms with Gasteiger partial charge in [-0.2, -0.15) is 0 Å². The van der Waals surface area contributed by atoms with Gasteiger partial charge in [0.2, 0.25) is 0 Å². The number of nitrogens with one attached hydrogen (secondary N) is 1. The van der Waals surface area contributed by atoms with Gasteiger partial charge < -0.3 is 24.9 Å². The van der Waals surface area contributed by atoms with Gasteiger partial charge in [0.25, 0.3) is 5.91 Å². The molecule has 0 aliphatic rings. The standard InChI is InChI=1S/C23H20N2O5/c1-28-18-9-7-16(11-20(18)29-13-21(24)26)25-12-15-10-22(27)30-19-8-6-14-4-2-3-5-17(14)23(15)19/h2-11,25H,12-13H2,1H3,(H2,24,26). The predicted octanol–water partition coefficient (Wildman–Crippen LogP) is 3.43. The summed E-state index contributed by atoms with van der Waals surface area (Å²) >= 11 is 0. The lowest BCUT2D eigenvalue weighted by molar-refractivity contribution is -0.119. The summed E-state index contributed by atoms with van der Waals surface area (Å²) in [5.74, 6) is 0.299. The van der Waals surface area contributed by atoms with E-state index < -0.39 is 11.5 Å². The maximum Gasteiger partial charge on any atom is 0.336 e. The van der Waals surface area contributed by atoms with E-state index in [4.69, 9.17) is 19.6 Å². The Balaban J connectivity index is 1.68. The van der Waals surface area contributed by atoms with Crippen molar-refractivity contribution >= 4 is 33.3 Å². The molecule has 0 aliphatic carbocycles. The number of carbonyl (C=O) groups is 1. The zero-order valence-electron chi connectivity index (χ0n) is 16.3. The molecule has 4 rings (SSSR count). The van der Waals surface area contributed by atoms with Crippen LogP contribution in [0, 0.1) is 0 Å². The van der Waals surface area contributed by atoms with E-state index in [1.54, 1.807) is 12.1 Å². The minimum atomic E-state index is -0.579. The van der Waals surface area contributed by atoms with Crippen LogP contribution >= 0.6 is 0 Å². The normalized spacial score (nSPS) is 10.8. The van der Waals surface area contributed by atoms with Crippen LogP contribution in [0.1, 0.15) is 5.56 Å². The molecule has 7 nitrogen and oxygen atoms in total. The molecule has 0 unspecified atom stereocenters. The molecule has 152 valence electrons. The zero-order valence-corrected chi connectivity index (χ0v) is 16.3. The summed E-state index contributed by atoms with van der Waals surface area (Å²) in [5.41, 5.74) is 6.84. The molecule has 30 heavy (non-hydrogen) atoms. The summed E-state index contributed by atoms with van der Waals surface area (Å²) in [6.45, 7) is 0.133. The second-order valence-corrected chi connectivity index (χ2v) is 6.72. The Hall–Kier alpha value is -4.00. The molecule has 0 fully saturated rings. The molecule has 0 saturated heterocycles. The lowest BCUT2D eigenvalue weighted by Crippen LogP contribution is -2.20. The average molecular weight is 404 g/mol. The number of nitrogens with two attached hydrogens (primary N) is 1. The van der Waals surface area contributed by atoms with Crippen LogP contribution in [0.25, 0.3) is 21.7 Å². The Bertz CT molecular complexity index is 1300. The number of hydrogen-bond donors (Lipinski definition) is 2. The quantitative estimate of drug-likeness (QED) is 0.361. The first kappa shape index (κ1) is 19.3. The van der Waals surface area contributed by atoms with Crippen LogP contribution in [0.4, 0.5) is 5.69 Å². The summed E-state index contributed by atoms with van der Waals surface area (Å²) < 4.78 is 16.1. The van der Waals surface area contributed by atoms with E-state index in [1.807, 2.05) is 42.5 Å². The van der Waals surface area contributed by atoms with Gasteiger partial charge in [-0.15, -0.1) is 0 Å². The van der Waals surface area contributed by atoms with Crippen LogP contribution in [-0.2, 0) is 11.3 Å². The van der Waals surface area contributed by atoms with Crippen LogP contribution in [0.15, 0.2) is 69.9 Å². The topological polar surface area (TPSA) is 104 Å². The van der Waals surface area contributed by atoms with Gasteiger partial charge in [-0.1, -0.05) is 30.3 Å². The number of fused-ring (bicyclic) bond motifs is 3.